The summed E-state index contributed by atoms with van der Waals surface area (Å²) in [5, 5.41) is 8.59. The predicted octanol–water partition coefficient (Wildman–Crippen LogP) is 0.959. The van der Waals surface area contributed by atoms with Crippen molar-refractivity contribution in [3.63, 3.8) is 0 Å². The Morgan fingerprint density at radius 3 is 2.70 bits per heavy atom. The number of benzene rings is 1. The zero-order valence-electron chi connectivity index (χ0n) is 11.0. The molecule has 0 unspecified atom stereocenters. The van der Waals surface area contributed by atoms with Crippen molar-refractivity contribution in [3.05, 3.63) is 24.0 Å². The third-order valence-corrected chi connectivity index (χ3v) is 4.52. The summed E-state index contributed by atoms with van der Waals surface area (Å²) in [6, 6.07) is 5.10. The minimum absolute atomic E-state index is 0.0411. The molecule has 0 spiro atoms. The highest BCUT2D eigenvalue weighted by Crippen LogP contribution is 2.20. The van der Waals surface area contributed by atoms with Crippen molar-refractivity contribution in [1.82, 2.24) is 4.31 Å². The van der Waals surface area contributed by atoms with Crippen LogP contribution in [0.4, 0.5) is 10.1 Å². The molecule has 0 saturated carbocycles. The average Bonchev–Trinajstić information content (AvgIpc) is 2.41. The molecular formula is C12H16FN3O3S. The maximum absolute atomic E-state index is 13.1. The van der Waals surface area contributed by atoms with Gasteiger partial charge in [0.25, 0.3) is 0 Å². The lowest BCUT2D eigenvalue weighted by molar-refractivity contribution is 0.179. The average molecular weight is 301 g/mol. The molecule has 0 bridgehead atoms. The van der Waals surface area contributed by atoms with E-state index in [1.54, 1.807) is 0 Å². The number of nitrogens with two attached hydrogens (primary N) is 1. The van der Waals surface area contributed by atoms with Crippen LogP contribution < -0.4 is 5.73 Å². The molecule has 0 aliphatic heterocycles. The van der Waals surface area contributed by atoms with Gasteiger partial charge in [0.15, 0.2) is 0 Å². The number of nitrogens with zero attached hydrogens (tertiary/aromatic N) is 2. The first-order chi connectivity index (χ1) is 9.43. The SMILES string of the molecule is COCCN(CCC#N)S(=O)(=O)c1ccc(F)c(N)c1. The third kappa shape index (κ3) is 3.90. The molecule has 0 atom stereocenters. The van der Waals surface area contributed by atoms with Crippen molar-refractivity contribution >= 4 is 15.7 Å². The van der Waals surface area contributed by atoms with Crippen LogP contribution in [0.2, 0.25) is 0 Å². The van der Waals surface area contributed by atoms with Crippen LogP contribution in [0.5, 0.6) is 0 Å². The van der Waals surface area contributed by atoms with Crippen molar-refractivity contribution < 1.29 is 17.5 Å². The van der Waals surface area contributed by atoms with Gasteiger partial charge in [-0.3, -0.25) is 0 Å². The lowest BCUT2D eigenvalue weighted by atomic mass is 10.3. The van der Waals surface area contributed by atoms with E-state index < -0.39 is 15.8 Å². The third-order valence-electron chi connectivity index (χ3n) is 2.62. The van der Waals surface area contributed by atoms with Crippen LogP contribution in [0.25, 0.3) is 0 Å². The second-order valence-electron chi connectivity index (χ2n) is 3.99. The van der Waals surface area contributed by atoms with E-state index in [-0.39, 0.29) is 36.7 Å². The number of methoxy groups -OCH3 is 1. The second kappa shape index (κ2) is 7.19. The number of rotatable bonds is 7. The monoisotopic (exact) mass is 301 g/mol. The molecule has 1 aromatic rings. The largest absolute Gasteiger partial charge is 0.396 e. The summed E-state index contributed by atoms with van der Waals surface area (Å²) in [6.07, 6.45) is 0.0552. The fourth-order valence-corrected chi connectivity index (χ4v) is 3.01. The summed E-state index contributed by atoms with van der Waals surface area (Å²) >= 11 is 0. The van der Waals surface area contributed by atoms with Gasteiger partial charge in [0.05, 0.1) is 23.3 Å². The Balaban J connectivity index is 3.07. The number of nitrogen functional groups attached to an aromatic ring is 1. The summed E-state index contributed by atoms with van der Waals surface area (Å²) in [5.41, 5.74) is 5.14. The van der Waals surface area contributed by atoms with Gasteiger partial charge in [0, 0.05) is 26.6 Å². The summed E-state index contributed by atoms with van der Waals surface area (Å²) in [7, 11) is -2.38. The minimum Gasteiger partial charge on any atom is -0.396 e. The van der Waals surface area contributed by atoms with Crippen molar-refractivity contribution in [1.29, 1.82) is 5.26 Å². The number of anilines is 1. The van der Waals surface area contributed by atoms with Crippen LogP contribution in [0, 0.1) is 17.1 Å². The van der Waals surface area contributed by atoms with Crippen LogP contribution >= 0.6 is 0 Å². The summed E-state index contributed by atoms with van der Waals surface area (Å²) in [4.78, 5) is -0.106. The molecular weight excluding hydrogens is 285 g/mol. The van der Waals surface area contributed by atoms with E-state index in [0.29, 0.717) is 0 Å². The molecule has 0 fully saturated rings. The Morgan fingerprint density at radius 2 is 2.15 bits per heavy atom. The Bertz CT molecular complexity index is 598. The first-order valence-corrected chi connectivity index (χ1v) is 7.28. The molecule has 20 heavy (non-hydrogen) atoms. The molecule has 0 saturated heterocycles. The predicted molar refractivity (Wildman–Crippen MR) is 71.7 cm³/mol. The number of hydrogen-bond donors (Lipinski definition) is 1. The van der Waals surface area contributed by atoms with E-state index in [1.807, 2.05) is 6.07 Å². The molecule has 2 N–H and O–H groups in total. The van der Waals surface area contributed by atoms with Gasteiger partial charge in [-0.15, -0.1) is 0 Å². The van der Waals surface area contributed by atoms with E-state index in [1.165, 1.54) is 7.11 Å². The number of halogens is 1. The van der Waals surface area contributed by atoms with Crippen molar-refractivity contribution in [2.45, 2.75) is 11.3 Å². The summed E-state index contributed by atoms with van der Waals surface area (Å²) < 4.78 is 43.8. The van der Waals surface area contributed by atoms with Gasteiger partial charge in [0.2, 0.25) is 10.0 Å². The Morgan fingerprint density at radius 1 is 1.45 bits per heavy atom. The fraction of sp³-hybridized carbons (Fsp3) is 0.417. The zero-order chi connectivity index (χ0) is 15.2. The van der Waals surface area contributed by atoms with Crippen molar-refractivity contribution in [2.75, 3.05) is 32.5 Å². The Hall–Kier alpha value is -1.69. The molecule has 0 aromatic heterocycles. The van der Waals surface area contributed by atoms with Crippen LogP contribution in [0.1, 0.15) is 6.42 Å². The highest BCUT2D eigenvalue weighted by Gasteiger charge is 2.24. The molecule has 1 rings (SSSR count). The molecule has 6 nitrogen and oxygen atoms in total. The van der Waals surface area contributed by atoms with E-state index in [4.69, 9.17) is 15.7 Å². The van der Waals surface area contributed by atoms with Crippen molar-refractivity contribution in [2.24, 2.45) is 0 Å². The topological polar surface area (TPSA) is 96.4 Å². The fourth-order valence-electron chi connectivity index (χ4n) is 1.55. The number of hydrogen-bond acceptors (Lipinski definition) is 5. The van der Waals surface area contributed by atoms with Crippen LogP contribution in [-0.2, 0) is 14.8 Å². The Labute approximate surface area is 117 Å². The maximum atomic E-state index is 13.1. The van der Waals surface area contributed by atoms with E-state index in [2.05, 4.69) is 0 Å². The molecule has 0 radical (unpaired) electrons. The highest BCUT2D eigenvalue weighted by molar-refractivity contribution is 7.89. The molecule has 0 amide bonds. The van der Waals surface area contributed by atoms with Crippen LogP contribution in [0.3, 0.4) is 0 Å². The van der Waals surface area contributed by atoms with Crippen LogP contribution in [0.15, 0.2) is 23.1 Å². The van der Waals surface area contributed by atoms with E-state index in [9.17, 15) is 12.8 Å². The van der Waals surface area contributed by atoms with E-state index >= 15 is 0 Å². The molecule has 8 heteroatoms. The Kier molecular flexibility index (Phi) is 5.88. The lowest BCUT2D eigenvalue weighted by Gasteiger charge is -2.21. The van der Waals surface area contributed by atoms with Gasteiger partial charge >= 0.3 is 0 Å². The van der Waals surface area contributed by atoms with Gasteiger partial charge in [-0.25, -0.2) is 12.8 Å². The van der Waals surface area contributed by atoms with Crippen molar-refractivity contribution in [3.8, 4) is 6.07 Å². The normalized spacial score (nSPS) is 11.5. The number of ether oxygens (including phenoxy) is 1. The quantitative estimate of drug-likeness (QED) is 0.757. The molecule has 0 aliphatic rings. The minimum atomic E-state index is -3.83. The van der Waals surface area contributed by atoms with Gasteiger partial charge in [0.1, 0.15) is 5.82 Å². The first-order valence-electron chi connectivity index (χ1n) is 5.84. The number of sulfonamides is 1. The van der Waals surface area contributed by atoms with Gasteiger partial charge in [-0.2, -0.15) is 9.57 Å². The second-order valence-corrected chi connectivity index (χ2v) is 5.93. The van der Waals surface area contributed by atoms with Crippen LogP contribution in [-0.4, -0.2) is 39.5 Å². The highest BCUT2D eigenvalue weighted by atomic mass is 32.2. The van der Waals surface area contributed by atoms with E-state index in [0.717, 1.165) is 22.5 Å². The molecule has 0 aliphatic carbocycles. The molecule has 0 heterocycles. The number of nitriles is 1. The summed E-state index contributed by atoms with van der Waals surface area (Å²) in [6.45, 7) is 0.346. The maximum Gasteiger partial charge on any atom is 0.243 e. The molecule has 110 valence electrons. The van der Waals surface area contributed by atoms with Gasteiger partial charge in [-0.1, -0.05) is 0 Å². The lowest BCUT2D eigenvalue weighted by Crippen LogP contribution is -2.34. The smallest absolute Gasteiger partial charge is 0.243 e. The summed E-state index contributed by atoms with van der Waals surface area (Å²) in [5.74, 6) is -0.676. The standard InChI is InChI=1S/C12H16FN3O3S/c1-19-8-7-16(6-2-5-14)20(17,18)10-3-4-11(13)12(15)9-10/h3-4,9H,2,6-8,15H2,1H3. The first kappa shape index (κ1) is 16.4. The molecule has 1 aromatic carbocycles. The zero-order valence-corrected chi connectivity index (χ0v) is 11.9. The van der Waals surface area contributed by atoms with Gasteiger partial charge in [-0.05, 0) is 18.2 Å². The van der Waals surface area contributed by atoms with Gasteiger partial charge < -0.3 is 10.5 Å².